The lowest BCUT2D eigenvalue weighted by Crippen LogP contribution is -2.63. The summed E-state index contributed by atoms with van der Waals surface area (Å²) in [6, 6.07) is -0.413. The summed E-state index contributed by atoms with van der Waals surface area (Å²) in [5.41, 5.74) is -1.81. The molecule has 286 valence electrons. The van der Waals surface area contributed by atoms with E-state index in [1.807, 2.05) is 21.1 Å². The summed E-state index contributed by atoms with van der Waals surface area (Å²) in [4.78, 5) is 25.3. The number of carboxylic acids is 1. The molecule has 2 unspecified atom stereocenters. The highest BCUT2D eigenvalue weighted by molar-refractivity contribution is 5.91. The smallest absolute Gasteiger partial charge is 0.307 e. The second-order valence-corrected chi connectivity index (χ2v) is 16.3. The van der Waals surface area contributed by atoms with E-state index in [0.717, 1.165) is 32.1 Å². The number of quaternary nitrogens is 1. The quantitative estimate of drug-likeness (QED) is 0.0503. The van der Waals surface area contributed by atoms with Crippen molar-refractivity contribution in [1.29, 1.82) is 0 Å². The normalized spacial score (nSPS) is 13.9. The minimum atomic E-state index is -1.81. The Bertz CT molecular complexity index is 733. The Morgan fingerprint density at radius 2 is 0.750 bits per heavy atom. The largest absolute Gasteiger partial charge is 0.481 e. The van der Waals surface area contributed by atoms with Crippen molar-refractivity contribution in [2.75, 3.05) is 21.1 Å². The van der Waals surface area contributed by atoms with Crippen LogP contribution in [0.2, 0.25) is 0 Å². The molecule has 2 atom stereocenters. The first-order valence-electron chi connectivity index (χ1n) is 21.4. The van der Waals surface area contributed by atoms with Crippen molar-refractivity contribution >= 4 is 11.8 Å². The molecular weight excluding hydrogens is 594 g/mol. The lowest BCUT2D eigenvalue weighted by molar-refractivity contribution is -0.902. The Kier molecular flexibility index (Phi) is 31.4. The van der Waals surface area contributed by atoms with Gasteiger partial charge in [-0.3, -0.25) is 9.59 Å². The summed E-state index contributed by atoms with van der Waals surface area (Å²) in [6.07, 6.45) is 40.3. The molecule has 0 radical (unpaired) electrons. The van der Waals surface area contributed by atoms with E-state index in [2.05, 4.69) is 13.8 Å². The van der Waals surface area contributed by atoms with Crippen molar-refractivity contribution in [3.8, 4) is 0 Å². The maximum atomic E-state index is 13.5. The molecular formula is C43H86NO4+. The van der Waals surface area contributed by atoms with Crippen LogP contribution >= 0.6 is 0 Å². The average Bonchev–Trinajstić information content (AvgIpc) is 3.03. The lowest BCUT2D eigenvalue weighted by atomic mass is 9.80. The molecule has 0 spiro atoms. The number of hydrogen-bond acceptors (Lipinski definition) is 3. The van der Waals surface area contributed by atoms with Crippen molar-refractivity contribution in [2.24, 2.45) is 0 Å². The van der Waals surface area contributed by atoms with Gasteiger partial charge in [0.15, 0.2) is 11.4 Å². The summed E-state index contributed by atoms with van der Waals surface area (Å²) in [6.45, 7) is 4.55. The molecule has 2 N–H and O–H groups in total. The molecule has 0 aromatic carbocycles. The zero-order chi connectivity index (χ0) is 35.8. The van der Waals surface area contributed by atoms with Crippen LogP contribution in [0.3, 0.4) is 0 Å². The van der Waals surface area contributed by atoms with E-state index < -0.39 is 24.0 Å². The van der Waals surface area contributed by atoms with Crippen LogP contribution in [0, 0.1) is 0 Å². The van der Waals surface area contributed by atoms with Gasteiger partial charge in [-0.25, -0.2) is 0 Å². The summed E-state index contributed by atoms with van der Waals surface area (Å²) in [7, 11) is 5.97. The third-order valence-electron chi connectivity index (χ3n) is 10.7. The number of aliphatic carboxylic acids is 1. The molecule has 0 saturated heterocycles. The van der Waals surface area contributed by atoms with Crippen LogP contribution in [0.15, 0.2) is 0 Å². The number of hydrogen-bond donors (Lipinski definition) is 2. The van der Waals surface area contributed by atoms with Gasteiger partial charge in [0.25, 0.3) is 0 Å². The molecule has 0 amide bonds. The van der Waals surface area contributed by atoms with Gasteiger partial charge in [-0.05, 0) is 12.8 Å². The number of aliphatic hydroxyl groups is 1. The van der Waals surface area contributed by atoms with Crippen LogP contribution < -0.4 is 0 Å². The molecule has 0 saturated carbocycles. The molecule has 0 aromatic heterocycles. The Labute approximate surface area is 300 Å². The van der Waals surface area contributed by atoms with Gasteiger partial charge in [-0.2, -0.15) is 0 Å². The second kappa shape index (κ2) is 32.0. The van der Waals surface area contributed by atoms with E-state index in [9.17, 15) is 19.8 Å². The fourth-order valence-corrected chi connectivity index (χ4v) is 7.66. The van der Waals surface area contributed by atoms with Crippen molar-refractivity contribution < 1.29 is 24.3 Å². The molecule has 48 heavy (non-hydrogen) atoms. The number of rotatable bonds is 38. The van der Waals surface area contributed by atoms with E-state index in [4.69, 9.17) is 0 Å². The first-order chi connectivity index (χ1) is 23.1. The SMILES string of the molecule is CCCCCCCCCCCCCCCCCCC(C(O)(CC(=O)O)C(=O)CCCCCCCCCCCCCCCCC)[N+](C)(C)C. The Balaban J connectivity index is 4.26. The van der Waals surface area contributed by atoms with Crippen LogP contribution in [0.5, 0.6) is 0 Å². The van der Waals surface area contributed by atoms with Gasteiger partial charge >= 0.3 is 5.97 Å². The van der Waals surface area contributed by atoms with E-state index in [0.29, 0.717) is 10.9 Å². The van der Waals surface area contributed by atoms with Gasteiger partial charge in [0.2, 0.25) is 0 Å². The van der Waals surface area contributed by atoms with Crippen LogP contribution in [-0.2, 0) is 9.59 Å². The molecule has 0 aromatic rings. The van der Waals surface area contributed by atoms with Crippen molar-refractivity contribution in [2.45, 2.75) is 244 Å². The molecule has 0 heterocycles. The number of ketones is 1. The summed E-state index contributed by atoms with van der Waals surface area (Å²) in [5, 5.41) is 21.5. The summed E-state index contributed by atoms with van der Waals surface area (Å²) in [5.74, 6) is -1.36. The molecule has 5 nitrogen and oxygen atoms in total. The van der Waals surface area contributed by atoms with Crippen molar-refractivity contribution in [3.63, 3.8) is 0 Å². The molecule has 0 aliphatic carbocycles. The Morgan fingerprint density at radius 3 is 1.02 bits per heavy atom. The Hall–Kier alpha value is -0.940. The van der Waals surface area contributed by atoms with E-state index in [1.165, 1.54) is 167 Å². The lowest BCUT2D eigenvalue weighted by Gasteiger charge is -2.43. The van der Waals surface area contributed by atoms with E-state index in [1.54, 1.807) is 0 Å². The number of unbranched alkanes of at least 4 members (excludes halogenated alkanes) is 29. The monoisotopic (exact) mass is 681 g/mol. The number of carbonyl (C=O) groups is 2. The molecule has 0 rings (SSSR count). The van der Waals surface area contributed by atoms with E-state index in [-0.39, 0.29) is 12.2 Å². The van der Waals surface area contributed by atoms with Crippen LogP contribution in [-0.4, -0.2) is 59.2 Å². The fourth-order valence-electron chi connectivity index (χ4n) is 7.66. The summed E-state index contributed by atoms with van der Waals surface area (Å²) >= 11 is 0. The Morgan fingerprint density at radius 1 is 0.479 bits per heavy atom. The predicted octanol–water partition coefficient (Wildman–Crippen LogP) is 12.7. The van der Waals surface area contributed by atoms with Crippen LogP contribution in [0.1, 0.15) is 232 Å². The highest BCUT2D eigenvalue weighted by Gasteiger charge is 2.51. The number of likely N-dealkylation sites (N-methyl/N-ethyl adjacent to an activating group) is 1. The van der Waals surface area contributed by atoms with Crippen molar-refractivity contribution in [3.05, 3.63) is 0 Å². The third-order valence-corrected chi connectivity index (χ3v) is 10.7. The van der Waals surface area contributed by atoms with Gasteiger partial charge in [-0.1, -0.05) is 200 Å². The summed E-state index contributed by atoms with van der Waals surface area (Å²) < 4.78 is 0.396. The van der Waals surface area contributed by atoms with Crippen molar-refractivity contribution in [1.82, 2.24) is 0 Å². The van der Waals surface area contributed by atoms with Crippen LogP contribution in [0.25, 0.3) is 0 Å². The standard InChI is InChI=1S/C43H85NO4/c1-6-8-10-12-14-16-18-20-22-24-25-27-29-31-33-35-37-40(44(3,4)5)43(48,39-42(46)47)41(45)38-36-34-32-30-28-26-23-21-19-17-15-13-11-9-7-2/h40,48H,6-39H2,1-5H3/p+1. The topological polar surface area (TPSA) is 74.6 Å². The highest BCUT2D eigenvalue weighted by atomic mass is 16.4. The number of carboxylic acid groups (broad SMARTS) is 1. The maximum absolute atomic E-state index is 13.5. The van der Waals surface area contributed by atoms with Gasteiger partial charge in [0, 0.05) is 12.8 Å². The maximum Gasteiger partial charge on any atom is 0.307 e. The second-order valence-electron chi connectivity index (χ2n) is 16.3. The molecule has 0 bridgehead atoms. The van der Waals surface area contributed by atoms with Gasteiger partial charge in [0.05, 0.1) is 27.6 Å². The van der Waals surface area contributed by atoms with Crippen LogP contribution in [0.4, 0.5) is 0 Å². The third kappa shape index (κ3) is 26.9. The molecule has 0 fully saturated rings. The predicted molar refractivity (Wildman–Crippen MR) is 208 cm³/mol. The fraction of sp³-hybridized carbons (Fsp3) is 0.953. The van der Waals surface area contributed by atoms with Gasteiger partial charge in [0.1, 0.15) is 6.04 Å². The van der Waals surface area contributed by atoms with Gasteiger partial charge in [-0.15, -0.1) is 0 Å². The van der Waals surface area contributed by atoms with E-state index >= 15 is 0 Å². The zero-order valence-electron chi connectivity index (χ0n) is 33.3. The number of carbonyl (C=O) groups excluding carboxylic acids is 1. The molecule has 0 aliphatic rings. The molecule has 0 aliphatic heterocycles. The first-order valence-corrected chi connectivity index (χ1v) is 21.4. The molecule has 5 heteroatoms. The zero-order valence-corrected chi connectivity index (χ0v) is 33.3. The average molecular weight is 681 g/mol. The minimum Gasteiger partial charge on any atom is -0.481 e. The highest BCUT2D eigenvalue weighted by Crippen LogP contribution is 2.31. The first kappa shape index (κ1) is 47.1. The number of nitrogens with zero attached hydrogens (tertiary/aromatic N) is 1. The number of Topliss-reactive ketones (excluding diaryl/α,β-unsaturated/α-hetero) is 1. The van der Waals surface area contributed by atoms with Gasteiger partial charge < -0.3 is 14.7 Å². The minimum absolute atomic E-state index is 0.269.